The molecule has 2 aromatic heterocycles. The first-order chi connectivity index (χ1) is 11.8. The van der Waals surface area contributed by atoms with Crippen LogP contribution in [0.15, 0.2) is 34.1 Å². The fourth-order valence-electron chi connectivity index (χ4n) is 2.95. The topological polar surface area (TPSA) is 110 Å². The van der Waals surface area contributed by atoms with Crippen molar-refractivity contribution in [1.82, 2.24) is 9.72 Å². The van der Waals surface area contributed by atoms with Crippen molar-refractivity contribution in [3.8, 4) is 22.7 Å². The van der Waals surface area contributed by atoms with Crippen molar-refractivity contribution >= 4 is 5.84 Å². The zero-order chi connectivity index (χ0) is 18.3. The molecular formula is C17H17FN4O3. The van der Waals surface area contributed by atoms with Gasteiger partial charge in [-0.05, 0) is 38.5 Å². The molecule has 25 heavy (non-hydrogen) atoms. The summed E-state index contributed by atoms with van der Waals surface area (Å²) in [7, 11) is 0. The highest BCUT2D eigenvalue weighted by atomic mass is 19.1. The van der Waals surface area contributed by atoms with E-state index in [1.54, 1.807) is 31.5 Å². The molecule has 0 spiro atoms. The average molecular weight is 344 g/mol. The van der Waals surface area contributed by atoms with Crippen molar-refractivity contribution in [3.05, 3.63) is 52.8 Å². The number of rotatable bonds is 3. The van der Waals surface area contributed by atoms with Gasteiger partial charge in [0.05, 0.1) is 22.6 Å². The quantitative estimate of drug-likeness (QED) is 0.293. The molecule has 0 aliphatic heterocycles. The summed E-state index contributed by atoms with van der Waals surface area (Å²) in [6, 6.07) is 3.85. The van der Waals surface area contributed by atoms with E-state index < -0.39 is 5.82 Å². The second-order valence-corrected chi connectivity index (χ2v) is 5.73. The Hall–Kier alpha value is -3.29. The third-order valence-corrected chi connectivity index (χ3v) is 4.02. The Kier molecular flexibility index (Phi) is 3.96. The minimum atomic E-state index is -0.617. The summed E-state index contributed by atoms with van der Waals surface area (Å²) in [5.74, 6) is -0.386. The Morgan fingerprint density at radius 1 is 1.32 bits per heavy atom. The van der Waals surface area contributed by atoms with Crippen molar-refractivity contribution in [2.24, 2.45) is 10.9 Å². The minimum Gasteiger partial charge on any atom is -0.508 e. The Balaban J connectivity index is 2.41. The number of oxime groups is 1. The van der Waals surface area contributed by atoms with Gasteiger partial charge in [0.15, 0.2) is 11.7 Å². The van der Waals surface area contributed by atoms with E-state index in [-0.39, 0.29) is 17.3 Å². The van der Waals surface area contributed by atoms with Gasteiger partial charge in [0.2, 0.25) is 0 Å². The highest BCUT2D eigenvalue weighted by Gasteiger charge is 2.25. The molecule has 0 unspecified atom stereocenters. The Morgan fingerprint density at radius 3 is 2.60 bits per heavy atom. The molecule has 0 saturated heterocycles. The number of nitrogens with zero attached hydrogens (tertiary/aromatic N) is 3. The molecule has 1 aromatic carbocycles. The number of phenols is 1. The number of amidine groups is 1. The van der Waals surface area contributed by atoms with Crippen LogP contribution in [0.3, 0.4) is 0 Å². The highest BCUT2D eigenvalue weighted by molar-refractivity contribution is 6.04. The zero-order valence-electron chi connectivity index (χ0n) is 13.9. The molecule has 0 aliphatic rings. The van der Waals surface area contributed by atoms with Gasteiger partial charge < -0.3 is 25.1 Å². The number of halogens is 1. The second kappa shape index (κ2) is 5.97. The first kappa shape index (κ1) is 16.6. The van der Waals surface area contributed by atoms with E-state index in [2.05, 4.69) is 10.3 Å². The Morgan fingerprint density at radius 2 is 2.04 bits per heavy atom. The Labute approximate surface area is 142 Å². The summed E-state index contributed by atoms with van der Waals surface area (Å²) in [4.78, 5) is 0. The summed E-state index contributed by atoms with van der Waals surface area (Å²) >= 11 is 0. The summed E-state index contributed by atoms with van der Waals surface area (Å²) in [5, 5.41) is 25.6. The molecule has 0 atom stereocenters. The van der Waals surface area contributed by atoms with Crippen LogP contribution in [0, 0.1) is 26.6 Å². The van der Waals surface area contributed by atoms with Crippen LogP contribution >= 0.6 is 0 Å². The van der Waals surface area contributed by atoms with E-state index in [0.29, 0.717) is 33.8 Å². The number of aromatic hydroxyl groups is 1. The summed E-state index contributed by atoms with van der Waals surface area (Å²) in [6.07, 6.45) is 1.67. The van der Waals surface area contributed by atoms with Gasteiger partial charge in [0.1, 0.15) is 11.5 Å². The van der Waals surface area contributed by atoms with E-state index >= 15 is 0 Å². The van der Waals surface area contributed by atoms with Gasteiger partial charge in [0.25, 0.3) is 0 Å². The molecule has 8 heteroatoms. The van der Waals surface area contributed by atoms with Crippen LogP contribution in [0.5, 0.6) is 5.75 Å². The molecule has 3 aromatic rings. The van der Waals surface area contributed by atoms with Crippen molar-refractivity contribution in [2.75, 3.05) is 0 Å². The molecule has 0 radical (unpaired) electrons. The molecule has 2 heterocycles. The molecule has 0 saturated carbocycles. The molecule has 0 bridgehead atoms. The number of hydrogen-bond acceptors (Lipinski definition) is 5. The van der Waals surface area contributed by atoms with Crippen molar-refractivity contribution in [1.29, 1.82) is 0 Å². The smallest absolute Gasteiger partial charge is 0.172 e. The number of aromatic nitrogens is 2. The minimum absolute atomic E-state index is 0.106. The molecular weight excluding hydrogens is 327 g/mol. The fraction of sp³-hybridized carbons (Fsp3) is 0.176. The van der Waals surface area contributed by atoms with Crippen LogP contribution in [0.4, 0.5) is 4.39 Å². The van der Waals surface area contributed by atoms with Crippen LogP contribution < -0.4 is 5.73 Å². The van der Waals surface area contributed by atoms with Gasteiger partial charge in [-0.25, -0.2) is 4.39 Å². The average Bonchev–Trinajstić information content (AvgIpc) is 3.06. The van der Waals surface area contributed by atoms with Gasteiger partial charge in [-0.3, -0.25) is 0 Å². The van der Waals surface area contributed by atoms with Crippen LogP contribution in [-0.4, -0.2) is 25.9 Å². The van der Waals surface area contributed by atoms with E-state index in [1.165, 1.54) is 12.1 Å². The first-order valence-corrected chi connectivity index (χ1v) is 7.47. The zero-order valence-corrected chi connectivity index (χ0v) is 13.9. The number of nitrogens with two attached hydrogens (primary N) is 1. The van der Waals surface area contributed by atoms with Crippen LogP contribution in [-0.2, 0) is 0 Å². The standard InChI is InChI=1S/C17H17FN4O3/c1-8-7-22(13-5-4-11(23)6-12(13)18)16(14(8)17(19)20-24)15-9(2)21-25-10(15)3/h4-7,23-24H,1-3H3,(H2,19,20). The molecule has 0 amide bonds. The lowest BCUT2D eigenvalue weighted by molar-refractivity contribution is 0.318. The second-order valence-electron chi connectivity index (χ2n) is 5.73. The van der Waals surface area contributed by atoms with Crippen LogP contribution in [0.25, 0.3) is 16.9 Å². The number of hydrogen-bond donors (Lipinski definition) is 3. The molecule has 130 valence electrons. The first-order valence-electron chi connectivity index (χ1n) is 7.47. The summed E-state index contributed by atoms with van der Waals surface area (Å²) < 4.78 is 21.3. The maximum Gasteiger partial charge on any atom is 0.172 e. The fourth-order valence-corrected chi connectivity index (χ4v) is 2.95. The SMILES string of the molecule is Cc1cn(-c2ccc(O)cc2F)c(-c2c(C)noc2C)c1C(N)=NO. The largest absolute Gasteiger partial charge is 0.508 e. The van der Waals surface area contributed by atoms with Crippen LogP contribution in [0.2, 0.25) is 0 Å². The van der Waals surface area contributed by atoms with E-state index in [0.717, 1.165) is 6.07 Å². The number of phenolic OH excluding ortho intramolecular Hbond substituents is 1. The monoisotopic (exact) mass is 344 g/mol. The molecule has 7 nitrogen and oxygen atoms in total. The molecule has 4 N–H and O–H groups in total. The predicted octanol–water partition coefficient (Wildman–Crippen LogP) is 3.00. The third kappa shape index (κ3) is 2.61. The van der Waals surface area contributed by atoms with Crippen molar-refractivity contribution in [2.45, 2.75) is 20.8 Å². The van der Waals surface area contributed by atoms with E-state index in [9.17, 15) is 9.50 Å². The maximum atomic E-state index is 14.5. The lowest BCUT2D eigenvalue weighted by Gasteiger charge is -2.12. The van der Waals surface area contributed by atoms with Gasteiger partial charge in [0, 0.05) is 17.8 Å². The lowest BCUT2D eigenvalue weighted by Crippen LogP contribution is -2.15. The van der Waals surface area contributed by atoms with Gasteiger partial charge >= 0.3 is 0 Å². The van der Waals surface area contributed by atoms with E-state index in [1.807, 2.05) is 0 Å². The normalized spacial score (nSPS) is 11.9. The maximum absolute atomic E-state index is 14.5. The molecule has 0 fully saturated rings. The van der Waals surface area contributed by atoms with E-state index in [4.69, 9.17) is 15.5 Å². The van der Waals surface area contributed by atoms with Crippen molar-refractivity contribution < 1.29 is 19.2 Å². The summed E-state index contributed by atoms with van der Waals surface area (Å²) in [5.41, 5.74) is 8.89. The Bertz CT molecular complexity index is 969. The predicted molar refractivity (Wildman–Crippen MR) is 89.6 cm³/mol. The van der Waals surface area contributed by atoms with Gasteiger partial charge in [-0.15, -0.1) is 0 Å². The third-order valence-electron chi connectivity index (χ3n) is 4.02. The van der Waals surface area contributed by atoms with Gasteiger partial charge in [-0.1, -0.05) is 10.3 Å². The number of benzene rings is 1. The molecule has 0 aliphatic carbocycles. The van der Waals surface area contributed by atoms with Gasteiger partial charge in [-0.2, -0.15) is 0 Å². The highest BCUT2D eigenvalue weighted by Crippen LogP contribution is 2.36. The lowest BCUT2D eigenvalue weighted by atomic mass is 10.0. The van der Waals surface area contributed by atoms with Crippen LogP contribution in [0.1, 0.15) is 22.6 Å². The molecule has 3 rings (SSSR count). The van der Waals surface area contributed by atoms with Crippen molar-refractivity contribution in [3.63, 3.8) is 0 Å². The number of aryl methyl sites for hydroxylation is 3. The summed E-state index contributed by atoms with van der Waals surface area (Å²) in [6.45, 7) is 5.25.